The number of anilines is 1. The number of hydrogen-bond acceptors (Lipinski definition) is 3. The van der Waals surface area contributed by atoms with Gasteiger partial charge in [0.25, 0.3) is 0 Å². The standard InChI is InChI=1S/C16H28BrN3/c1-7-20(11-12(2)3)15-13(8-14(17)10-18-15)9-19-16(4,5)6/h8,10,12,19H,7,9,11H2,1-6H3. The van der Waals surface area contributed by atoms with Crippen LogP contribution in [0.15, 0.2) is 16.7 Å². The predicted octanol–water partition coefficient (Wildman–Crippen LogP) is 4.21. The Bertz CT molecular complexity index is 424. The Morgan fingerprint density at radius 3 is 2.50 bits per heavy atom. The molecule has 1 rings (SSSR count). The summed E-state index contributed by atoms with van der Waals surface area (Å²) in [6, 6.07) is 2.17. The molecule has 0 fully saturated rings. The molecule has 0 radical (unpaired) electrons. The average molecular weight is 342 g/mol. The summed E-state index contributed by atoms with van der Waals surface area (Å²) in [6.45, 7) is 16.1. The minimum absolute atomic E-state index is 0.106. The van der Waals surface area contributed by atoms with E-state index >= 15 is 0 Å². The summed E-state index contributed by atoms with van der Waals surface area (Å²) in [5, 5.41) is 3.55. The highest BCUT2D eigenvalue weighted by Gasteiger charge is 2.15. The monoisotopic (exact) mass is 341 g/mol. The maximum Gasteiger partial charge on any atom is 0.133 e. The summed E-state index contributed by atoms with van der Waals surface area (Å²) >= 11 is 3.53. The van der Waals surface area contributed by atoms with Gasteiger partial charge in [-0.05, 0) is 55.6 Å². The van der Waals surface area contributed by atoms with Gasteiger partial charge in [0.1, 0.15) is 5.82 Å². The van der Waals surface area contributed by atoms with Crippen LogP contribution in [0.1, 0.15) is 47.1 Å². The van der Waals surface area contributed by atoms with Crippen molar-refractivity contribution in [2.24, 2.45) is 5.92 Å². The van der Waals surface area contributed by atoms with Crippen LogP contribution in [0.4, 0.5) is 5.82 Å². The molecule has 0 aliphatic carbocycles. The fraction of sp³-hybridized carbons (Fsp3) is 0.688. The fourth-order valence-electron chi connectivity index (χ4n) is 2.06. The quantitative estimate of drug-likeness (QED) is 0.839. The zero-order chi connectivity index (χ0) is 15.3. The van der Waals surface area contributed by atoms with Gasteiger partial charge in [-0.1, -0.05) is 13.8 Å². The maximum atomic E-state index is 4.64. The third-order valence-electron chi connectivity index (χ3n) is 2.99. The lowest BCUT2D eigenvalue weighted by Gasteiger charge is -2.28. The number of nitrogens with one attached hydrogen (secondary N) is 1. The van der Waals surface area contributed by atoms with E-state index < -0.39 is 0 Å². The second kappa shape index (κ2) is 7.41. The Hall–Kier alpha value is -0.610. The van der Waals surface area contributed by atoms with Crippen molar-refractivity contribution in [1.29, 1.82) is 0 Å². The van der Waals surface area contributed by atoms with Gasteiger partial charge < -0.3 is 10.2 Å². The zero-order valence-corrected chi connectivity index (χ0v) is 15.2. The Morgan fingerprint density at radius 1 is 1.35 bits per heavy atom. The van der Waals surface area contributed by atoms with Gasteiger partial charge >= 0.3 is 0 Å². The van der Waals surface area contributed by atoms with Crippen LogP contribution in [0, 0.1) is 5.92 Å². The van der Waals surface area contributed by atoms with E-state index in [9.17, 15) is 0 Å². The van der Waals surface area contributed by atoms with Crippen molar-refractivity contribution >= 4 is 21.7 Å². The molecular weight excluding hydrogens is 314 g/mol. The van der Waals surface area contributed by atoms with Crippen LogP contribution in [-0.4, -0.2) is 23.6 Å². The number of hydrogen-bond donors (Lipinski definition) is 1. The molecule has 20 heavy (non-hydrogen) atoms. The molecule has 3 nitrogen and oxygen atoms in total. The van der Waals surface area contributed by atoms with Crippen molar-refractivity contribution in [2.45, 2.75) is 53.6 Å². The summed E-state index contributed by atoms with van der Waals surface area (Å²) in [4.78, 5) is 7.00. The summed E-state index contributed by atoms with van der Waals surface area (Å²) in [5.74, 6) is 1.73. The molecule has 1 N–H and O–H groups in total. The second-order valence-corrected chi connectivity index (χ2v) is 7.59. The van der Waals surface area contributed by atoms with E-state index in [4.69, 9.17) is 0 Å². The van der Waals surface area contributed by atoms with Crippen LogP contribution in [-0.2, 0) is 6.54 Å². The molecule has 0 spiro atoms. The zero-order valence-electron chi connectivity index (χ0n) is 13.6. The molecule has 0 atom stereocenters. The minimum atomic E-state index is 0.106. The maximum absolute atomic E-state index is 4.64. The third-order valence-corrected chi connectivity index (χ3v) is 3.42. The number of aromatic nitrogens is 1. The fourth-order valence-corrected chi connectivity index (χ4v) is 2.43. The van der Waals surface area contributed by atoms with Crippen LogP contribution in [0.3, 0.4) is 0 Å². The number of halogens is 1. The number of nitrogens with zero attached hydrogens (tertiary/aromatic N) is 2. The first-order valence-corrected chi connectivity index (χ1v) is 8.16. The Balaban J connectivity index is 2.99. The molecule has 0 saturated heterocycles. The van der Waals surface area contributed by atoms with E-state index in [1.807, 2.05) is 6.20 Å². The molecule has 0 amide bonds. The van der Waals surface area contributed by atoms with E-state index in [-0.39, 0.29) is 5.54 Å². The predicted molar refractivity (Wildman–Crippen MR) is 91.3 cm³/mol. The number of pyridine rings is 1. The lowest BCUT2D eigenvalue weighted by Crippen LogP contribution is -2.36. The summed E-state index contributed by atoms with van der Waals surface area (Å²) in [7, 11) is 0. The van der Waals surface area contributed by atoms with Gasteiger partial charge in [0.2, 0.25) is 0 Å². The van der Waals surface area contributed by atoms with Crippen molar-refractivity contribution in [3.8, 4) is 0 Å². The summed E-state index contributed by atoms with van der Waals surface area (Å²) in [6.07, 6.45) is 1.89. The second-order valence-electron chi connectivity index (χ2n) is 6.67. The molecule has 0 aromatic carbocycles. The normalized spacial score (nSPS) is 12.0. The molecule has 4 heteroatoms. The minimum Gasteiger partial charge on any atom is -0.356 e. The molecule has 1 heterocycles. The molecule has 0 unspecified atom stereocenters. The van der Waals surface area contributed by atoms with Crippen molar-refractivity contribution in [1.82, 2.24) is 10.3 Å². The lowest BCUT2D eigenvalue weighted by atomic mass is 10.1. The topological polar surface area (TPSA) is 28.2 Å². The highest BCUT2D eigenvalue weighted by molar-refractivity contribution is 9.10. The Kier molecular flexibility index (Phi) is 6.46. The van der Waals surface area contributed by atoms with Gasteiger partial charge in [0, 0.05) is 41.4 Å². The largest absolute Gasteiger partial charge is 0.356 e. The third kappa shape index (κ3) is 5.80. The molecule has 0 aliphatic heterocycles. The van der Waals surface area contributed by atoms with Crippen molar-refractivity contribution < 1.29 is 0 Å². The van der Waals surface area contributed by atoms with Gasteiger partial charge in [0.05, 0.1) is 0 Å². The first kappa shape index (κ1) is 17.4. The van der Waals surface area contributed by atoms with Crippen LogP contribution in [0.2, 0.25) is 0 Å². The van der Waals surface area contributed by atoms with E-state index in [1.54, 1.807) is 0 Å². The van der Waals surface area contributed by atoms with Gasteiger partial charge in [-0.2, -0.15) is 0 Å². The highest BCUT2D eigenvalue weighted by atomic mass is 79.9. The molecule has 1 aromatic rings. The first-order valence-electron chi connectivity index (χ1n) is 7.37. The molecule has 114 valence electrons. The molecule has 0 aliphatic rings. The van der Waals surface area contributed by atoms with Crippen molar-refractivity contribution in [2.75, 3.05) is 18.0 Å². The summed E-state index contributed by atoms with van der Waals surface area (Å²) in [5.41, 5.74) is 1.35. The van der Waals surface area contributed by atoms with Crippen molar-refractivity contribution in [3.63, 3.8) is 0 Å². The van der Waals surface area contributed by atoms with Crippen LogP contribution < -0.4 is 10.2 Å². The van der Waals surface area contributed by atoms with Gasteiger partial charge in [-0.15, -0.1) is 0 Å². The van der Waals surface area contributed by atoms with E-state index in [0.717, 1.165) is 29.9 Å². The van der Waals surface area contributed by atoms with Gasteiger partial charge in [-0.3, -0.25) is 0 Å². The van der Waals surface area contributed by atoms with Gasteiger partial charge in [-0.25, -0.2) is 4.98 Å². The Morgan fingerprint density at radius 2 is 2.00 bits per heavy atom. The SMILES string of the molecule is CCN(CC(C)C)c1ncc(Br)cc1CNC(C)(C)C. The Labute approximate surface area is 132 Å². The molecule has 1 aromatic heterocycles. The van der Waals surface area contributed by atoms with Crippen molar-refractivity contribution in [3.05, 3.63) is 22.3 Å². The van der Waals surface area contributed by atoms with Gasteiger partial charge in [0.15, 0.2) is 0 Å². The van der Waals surface area contributed by atoms with E-state index in [2.05, 4.69) is 78.7 Å². The lowest BCUT2D eigenvalue weighted by molar-refractivity contribution is 0.423. The molecule has 0 bridgehead atoms. The highest BCUT2D eigenvalue weighted by Crippen LogP contribution is 2.23. The number of rotatable bonds is 6. The van der Waals surface area contributed by atoms with E-state index in [0.29, 0.717) is 5.92 Å². The molecular formula is C16H28BrN3. The summed E-state index contributed by atoms with van der Waals surface area (Å²) < 4.78 is 1.03. The van der Waals surface area contributed by atoms with Crippen LogP contribution in [0.25, 0.3) is 0 Å². The van der Waals surface area contributed by atoms with Crippen LogP contribution >= 0.6 is 15.9 Å². The molecule has 0 saturated carbocycles. The van der Waals surface area contributed by atoms with E-state index in [1.165, 1.54) is 5.56 Å². The smallest absolute Gasteiger partial charge is 0.133 e. The average Bonchev–Trinajstić information content (AvgIpc) is 2.33. The first-order chi connectivity index (χ1) is 9.23. The van der Waals surface area contributed by atoms with Crippen LogP contribution in [0.5, 0.6) is 0 Å².